The summed E-state index contributed by atoms with van der Waals surface area (Å²) < 4.78 is 31.5. The van der Waals surface area contributed by atoms with Crippen LogP contribution in [0.25, 0.3) is 21.9 Å². The lowest BCUT2D eigenvalue weighted by atomic mass is 9.96. The molecule has 2 heterocycles. The first kappa shape index (κ1) is 19.0. The van der Waals surface area contributed by atoms with Gasteiger partial charge in [-0.15, -0.1) is 8.78 Å². The lowest BCUT2D eigenvalue weighted by Crippen LogP contribution is -2.30. The second kappa shape index (κ2) is 6.53. The van der Waals surface area contributed by atoms with Crippen molar-refractivity contribution in [2.75, 3.05) is 11.9 Å². The number of primary amides is 1. The Bertz CT molecular complexity index is 1300. The molecular weight excluding hydrogens is 404 g/mol. The van der Waals surface area contributed by atoms with Gasteiger partial charge in [0, 0.05) is 17.7 Å². The SMILES string of the molecule is C=C(CN1Cc2c(ccc3ccc(-c4ccc5c(c4)OC(F)(F)N5)cc23)C1=O)C(N)=O. The van der Waals surface area contributed by atoms with Gasteiger partial charge in [-0.05, 0) is 51.7 Å². The summed E-state index contributed by atoms with van der Waals surface area (Å²) in [6.45, 7) is 4.02. The summed E-state index contributed by atoms with van der Waals surface area (Å²) in [6, 6.07) is 14.2. The first-order valence-electron chi connectivity index (χ1n) is 9.54. The molecule has 3 aromatic rings. The van der Waals surface area contributed by atoms with Crippen LogP contribution in [0.4, 0.5) is 14.5 Å². The number of halogens is 2. The maximum Gasteiger partial charge on any atom is 0.494 e. The average Bonchev–Trinajstić information content (AvgIpc) is 3.21. The Balaban J connectivity index is 1.53. The number of carbonyl (C=O) groups is 2. The summed E-state index contributed by atoms with van der Waals surface area (Å²) in [5.41, 5.74) is 8.56. The number of nitrogens with zero attached hydrogens (tertiary/aromatic N) is 1. The normalized spacial score (nSPS) is 15.9. The third kappa shape index (κ3) is 3.16. The Labute approximate surface area is 175 Å². The Hall–Kier alpha value is -3.94. The van der Waals surface area contributed by atoms with Gasteiger partial charge < -0.3 is 15.4 Å². The molecule has 8 heteroatoms. The molecule has 0 aromatic heterocycles. The Morgan fingerprint density at radius 1 is 1.16 bits per heavy atom. The number of nitrogens with one attached hydrogen (secondary N) is 1. The van der Waals surface area contributed by atoms with Gasteiger partial charge in [0.2, 0.25) is 5.91 Å². The number of rotatable bonds is 4. The van der Waals surface area contributed by atoms with Gasteiger partial charge in [-0.2, -0.15) is 0 Å². The molecular formula is C23H17F2N3O3. The van der Waals surface area contributed by atoms with E-state index >= 15 is 0 Å². The molecule has 6 nitrogen and oxygen atoms in total. The number of anilines is 1. The number of carbonyl (C=O) groups excluding carboxylic acids is 2. The number of hydrogen-bond acceptors (Lipinski definition) is 4. The first-order chi connectivity index (χ1) is 14.7. The Morgan fingerprint density at radius 3 is 2.65 bits per heavy atom. The van der Waals surface area contributed by atoms with Crippen LogP contribution >= 0.6 is 0 Å². The highest BCUT2D eigenvalue weighted by Crippen LogP contribution is 2.41. The fraction of sp³-hybridized carbons (Fsp3) is 0.130. The fourth-order valence-electron chi connectivity index (χ4n) is 4.01. The number of alkyl halides is 2. The van der Waals surface area contributed by atoms with Gasteiger partial charge in [-0.25, -0.2) is 0 Å². The van der Waals surface area contributed by atoms with Gasteiger partial charge in [0.1, 0.15) is 0 Å². The molecule has 31 heavy (non-hydrogen) atoms. The molecule has 2 aliphatic rings. The van der Waals surface area contributed by atoms with Crippen molar-refractivity contribution in [3.05, 3.63) is 71.8 Å². The van der Waals surface area contributed by atoms with E-state index in [0.717, 1.165) is 21.9 Å². The van der Waals surface area contributed by atoms with Gasteiger partial charge in [0.05, 0.1) is 12.2 Å². The highest BCUT2D eigenvalue weighted by Gasteiger charge is 2.39. The van der Waals surface area contributed by atoms with Crippen molar-refractivity contribution < 1.29 is 23.1 Å². The number of nitrogens with two attached hydrogens (primary N) is 1. The van der Waals surface area contributed by atoms with Crippen LogP contribution in [0.1, 0.15) is 15.9 Å². The molecule has 0 atom stereocenters. The van der Waals surface area contributed by atoms with Crippen LogP contribution in [0.15, 0.2) is 60.7 Å². The molecule has 0 bridgehead atoms. The number of amides is 2. The van der Waals surface area contributed by atoms with E-state index in [1.54, 1.807) is 24.3 Å². The number of benzene rings is 3. The molecule has 0 spiro atoms. The molecule has 0 fully saturated rings. The number of hydrogen-bond donors (Lipinski definition) is 2. The van der Waals surface area contributed by atoms with E-state index in [1.165, 1.54) is 4.90 Å². The molecule has 2 amide bonds. The van der Waals surface area contributed by atoms with E-state index in [0.29, 0.717) is 17.7 Å². The summed E-state index contributed by atoms with van der Waals surface area (Å²) in [5.74, 6) is -0.758. The van der Waals surface area contributed by atoms with E-state index in [9.17, 15) is 18.4 Å². The van der Waals surface area contributed by atoms with Gasteiger partial charge in [-0.3, -0.25) is 14.9 Å². The third-order valence-electron chi connectivity index (χ3n) is 5.56. The smallest absolute Gasteiger partial charge is 0.413 e. The monoisotopic (exact) mass is 421 g/mol. The lowest BCUT2D eigenvalue weighted by Gasteiger charge is -2.15. The van der Waals surface area contributed by atoms with Crippen LogP contribution in [0.5, 0.6) is 5.75 Å². The molecule has 0 radical (unpaired) electrons. The van der Waals surface area contributed by atoms with Crippen molar-refractivity contribution in [3.8, 4) is 16.9 Å². The van der Waals surface area contributed by atoms with Crippen LogP contribution in [0, 0.1) is 0 Å². The van der Waals surface area contributed by atoms with Gasteiger partial charge in [0.25, 0.3) is 5.91 Å². The quantitative estimate of drug-likeness (QED) is 0.495. The van der Waals surface area contributed by atoms with Crippen molar-refractivity contribution in [3.63, 3.8) is 0 Å². The van der Waals surface area contributed by atoms with Crippen molar-refractivity contribution >= 4 is 28.3 Å². The highest BCUT2D eigenvalue weighted by atomic mass is 19.3. The summed E-state index contributed by atoms with van der Waals surface area (Å²) >= 11 is 0. The maximum atomic E-state index is 13.4. The van der Waals surface area contributed by atoms with E-state index < -0.39 is 12.1 Å². The van der Waals surface area contributed by atoms with Crippen molar-refractivity contribution in [2.24, 2.45) is 5.73 Å². The molecule has 3 N–H and O–H groups in total. The molecule has 0 saturated heterocycles. The lowest BCUT2D eigenvalue weighted by molar-refractivity contribution is -0.138. The third-order valence-corrected chi connectivity index (χ3v) is 5.56. The minimum Gasteiger partial charge on any atom is -0.413 e. The number of fused-ring (bicyclic) bond motifs is 4. The topological polar surface area (TPSA) is 84.7 Å². The fourth-order valence-corrected chi connectivity index (χ4v) is 4.01. The van der Waals surface area contributed by atoms with E-state index in [4.69, 9.17) is 5.73 Å². The predicted octanol–water partition coefficient (Wildman–Crippen LogP) is 3.86. The van der Waals surface area contributed by atoms with Gasteiger partial charge in [0.15, 0.2) is 5.75 Å². The zero-order chi connectivity index (χ0) is 21.9. The van der Waals surface area contributed by atoms with Crippen LogP contribution in [-0.4, -0.2) is 29.5 Å². The second-order valence-corrected chi connectivity index (χ2v) is 7.61. The Kier molecular flexibility index (Phi) is 4.01. The average molecular weight is 421 g/mol. The molecule has 0 aliphatic carbocycles. The zero-order valence-electron chi connectivity index (χ0n) is 16.2. The Morgan fingerprint density at radius 2 is 1.87 bits per heavy atom. The van der Waals surface area contributed by atoms with E-state index in [1.807, 2.05) is 29.6 Å². The van der Waals surface area contributed by atoms with Crippen LogP contribution in [0.3, 0.4) is 0 Å². The molecule has 2 aliphatic heterocycles. The van der Waals surface area contributed by atoms with Crippen LogP contribution in [0.2, 0.25) is 0 Å². The molecule has 5 rings (SSSR count). The van der Waals surface area contributed by atoms with E-state index in [-0.39, 0.29) is 29.5 Å². The standard InChI is InChI=1S/C23H17F2N3O3/c1-12(21(26)29)10-28-11-18-16(22(28)30)6-4-13-2-3-14(8-17(13)18)15-5-7-19-20(9-15)31-23(24,25)27-19/h2-9,27H,1,10-11H2,(H2,26,29). The summed E-state index contributed by atoms with van der Waals surface area (Å²) in [5, 5.41) is 3.83. The molecule has 3 aromatic carbocycles. The predicted molar refractivity (Wildman–Crippen MR) is 112 cm³/mol. The van der Waals surface area contributed by atoms with Crippen LogP contribution < -0.4 is 15.8 Å². The van der Waals surface area contributed by atoms with Gasteiger partial charge in [-0.1, -0.05) is 30.8 Å². The van der Waals surface area contributed by atoms with Crippen molar-refractivity contribution in [1.29, 1.82) is 0 Å². The summed E-state index contributed by atoms with van der Waals surface area (Å²) in [6.07, 6.45) is -3.43. The minimum absolute atomic E-state index is 0.0629. The maximum absolute atomic E-state index is 13.4. The minimum atomic E-state index is -3.43. The largest absolute Gasteiger partial charge is 0.494 e. The summed E-state index contributed by atoms with van der Waals surface area (Å²) in [7, 11) is 0. The second-order valence-electron chi connectivity index (χ2n) is 7.61. The molecule has 156 valence electrons. The summed E-state index contributed by atoms with van der Waals surface area (Å²) in [4.78, 5) is 25.6. The molecule has 0 saturated carbocycles. The first-order valence-corrected chi connectivity index (χ1v) is 9.54. The van der Waals surface area contributed by atoms with Crippen molar-refractivity contribution in [2.45, 2.75) is 12.8 Å². The molecule has 0 unspecified atom stereocenters. The number of ether oxygens (including phenoxy) is 1. The zero-order valence-corrected chi connectivity index (χ0v) is 16.2. The van der Waals surface area contributed by atoms with E-state index in [2.05, 4.69) is 11.3 Å². The van der Waals surface area contributed by atoms with Gasteiger partial charge >= 0.3 is 6.23 Å². The highest BCUT2D eigenvalue weighted by molar-refractivity contribution is 6.05. The van der Waals surface area contributed by atoms with Crippen molar-refractivity contribution in [1.82, 2.24) is 4.90 Å². The van der Waals surface area contributed by atoms with Crippen LogP contribution in [-0.2, 0) is 11.3 Å².